The van der Waals surface area contributed by atoms with Crippen molar-refractivity contribution in [3.05, 3.63) is 53.8 Å². The first-order valence-electron chi connectivity index (χ1n) is 7.13. The fourth-order valence-corrected chi connectivity index (χ4v) is 2.55. The van der Waals surface area contributed by atoms with Crippen molar-refractivity contribution in [3.8, 4) is 16.9 Å². The second-order valence-corrected chi connectivity index (χ2v) is 4.98. The van der Waals surface area contributed by atoms with E-state index in [4.69, 9.17) is 4.74 Å². The topological polar surface area (TPSA) is 9.23 Å². The van der Waals surface area contributed by atoms with Crippen LogP contribution < -0.4 is 4.74 Å². The summed E-state index contributed by atoms with van der Waals surface area (Å²) in [5, 5.41) is 0. The molecular formula is C18H21FO. The minimum atomic E-state index is -0.325. The summed E-state index contributed by atoms with van der Waals surface area (Å²) >= 11 is 0. The van der Waals surface area contributed by atoms with E-state index in [-0.39, 0.29) is 11.6 Å². The molecule has 0 fully saturated rings. The van der Waals surface area contributed by atoms with E-state index in [2.05, 4.69) is 38.1 Å². The van der Waals surface area contributed by atoms with Crippen molar-refractivity contribution >= 4 is 0 Å². The van der Waals surface area contributed by atoms with E-state index in [1.807, 2.05) is 6.07 Å². The van der Waals surface area contributed by atoms with Crippen molar-refractivity contribution in [1.29, 1.82) is 0 Å². The average Bonchev–Trinajstić information content (AvgIpc) is 2.49. The Morgan fingerprint density at radius 2 is 1.55 bits per heavy atom. The van der Waals surface area contributed by atoms with E-state index in [0.29, 0.717) is 5.92 Å². The predicted molar refractivity (Wildman–Crippen MR) is 81.7 cm³/mol. The molecular weight excluding hydrogens is 251 g/mol. The van der Waals surface area contributed by atoms with Crippen molar-refractivity contribution < 1.29 is 9.13 Å². The molecule has 2 aromatic carbocycles. The number of hydrogen-bond donors (Lipinski definition) is 0. The van der Waals surface area contributed by atoms with Crippen LogP contribution >= 0.6 is 0 Å². The third kappa shape index (κ3) is 3.01. The van der Waals surface area contributed by atoms with Crippen LogP contribution in [0, 0.1) is 5.82 Å². The minimum absolute atomic E-state index is 0.280. The van der Waals surface area contributed by atoms with Gasteiger partial charge in [-0.2, -0.15) is 0 Å². The predicted octanol–water partition coefficient (Wildman–Crippen LogP) is 5.40. The van der Waals surface area contributed by atoms with E-state index in [1.54, 1.807) is 6.07 Å². The second kappa shape index (κ2) is 6.56. The number of hydrogen-bond acceptors (Lipinski definition) is 1. The molecule has 2 aromatic rings. The van der Waals surface area contributed by atoms with Gasteiger partial charge in [-0.1, -0.05) is 44.2 Å². The zero-order chi connectivity index (χ0) is 14.5. The molecule has 0 radical (unpaired) electrons. The minimum Gasteiger partial charge on any atom is -0.494 e. The van der Waals surface area contributed by atoms with Gasteiger partial charge in [0.2, 0.25) is 0 Å². The number of ether oxygens (including phenoxy) is 1. The van der Waals surface area contributed by atoms with Gasteiger partial charge < -0.3 is 4.74 Å². The zero-order valence-corrected chi connectivity index (χ0v) is 12.3. The molecule has 2 rings (SSSR count). The molecule has 0 spiro atoms. The van der Waals surface area contributed by atoms with Crippen molar-refractivity contribution in [2.75, 3.05) is 7.11 Å². The molecule has 0 aliphatic heterocycles. The lowest BCUT2D eigenvalue weighted by Crippen LogP contribution is -1.95. The number of benzene rings is 2. The highest BCUT2D eigenvalue weighted by Crippen LogP contribution is 2.28. The Morgan fingerprint density at radius 1 is 0.950 bits per heavy atom. The summed E-state index contributed by atoms with van der Waals surface area (Å²) in [5.74, 6) is 0.563. The fraction of sp³-hybridized carbons (Fsp3) is 0.333. The first kappa shape index (κ1) is 14.6. The summed E-state index contributed by atoms with van der Waals surface area (Å²) in [6, 6.07) is 13.5. The first-order chi connectivity index (χ1) is 9.69. The van der Waals surface area contributed by atoms with Gasteiger partial charge in [-0.25, -0.2) is 4.39 Å². The fourth-order valence-electron chi connectivity index (χ4n) is 2.55. The van der Waals surface area contributed by atoms with Gasteiger partial charge >= 0.3 is 0 Å². The highest BCUT2D eigenvalue weighted by atomic mass is 19.1. The maximum absolute atomic E-state index is 13.7. The Kier molecular flexibility index (Phi) is 4.78. The number of halogens is 1. The highest BCUT2D eigenvalue weighted by molar-refractivity contribution is 5.64. The molecule has 20 heavy (non-hydrogen) atoms. The Bertz CT molecular complexity index is 556. The Morgan fingerprint density at radius 3 is 2.05 bits per heavy atom. The van der Waals surface area contributed by atoms with Crippen LogP contribution in [-0.2, 0) is 0 Å². The van der Waals surface area contributed by atoms with E-state index in [9.17, 15) is 4.39 Å². The van der Waals surface area contributed by atoms with Gasteiger partial charge in [-0.15, -0.1) is 0 Å². The molecule has 0 aromatic heterocycles. The van der Waals surface area contributed by atoms with Gasteiger partial charge in [0.05, 0.1) is 7.11 Å². The normalized spacial score (nSPS) is 10.8. The van der Waals surface area contributed by atoms with Crippen LogP contribution in [0.4, 0.5) is 4.39 Å². The molecule has 106 valence electrons. The van der Waals surface area contributed by atoms with Gasteiger partial charge in [0.15, 0.2) is 11.6 Å². The SMILES string of the molecule is CCC(CC)c1ccc(-c2ccc(OC)c(F)c2)cc1. The molecule has 0 saturated carbocycles. The standard InChI is InChI=1S/C18H21FO/c1-4-13(5-2)14-6-8-15(9-7-14)16-10-11-18(20-3)17(19)12-16/h6-13H,4-5H2,1-3H3. The van der Waals surface area contributed by atoms with Crippen LogP contribution in [0.5, 0.6) is 5.75 Å². The molecule has 0 aliphatic carbocycles. The van der Waals surface area contributed by atoms with Crippen LogP contribution in [0.25, 0.3) is 11.1 Å². The molecule has 2 heteroatoms. The molecule has 0 amide bonds. The zero-order valence-electron chi connectivity index (χ0n) is 12.3. The molecule has 0 saturated heterocycles. The molecule has 0 N–H and O–H groups in total. The van der Waals surface area contributed by atoms with E-state index < -0.39 is 0 Å². The van der Waals surface area contributed by atoms with Crippen molar-refractivity contribution in [2.24, 2.45) is 0 Å². The lowest BCUT2D eigenvalue weighted by atomic mass is 9.92. The Labute approximate surface area is 120 Å². The summed E-state index contributed by atoms with van der Waals surface area (Å²) in [5.41, 5.74) is 3.26. The molecule has 1 nitrogen and oxygen atoms in total. The highest BCUT2D eigenvalue weighted by Gasteiger charge is 2.08. The van der Waals surface area contributed by atoms with Crippen LogP contribution in [-0.4, -0.2) is 7.11 Å². The quantitative estimate of drug-likeness (QED) is 0.707. The average molecular weight is 272 g/mol. The molecule has 0 atom stereocenters. The van der Waals surface area contributed by atoms with Crippen molar-refractivity contribution in [3.63, 3.8) is 0 Å². The number of methoxy groups -OCH3 is 1. The molecule has 0 bridgehead atoms. The summed E-state index contributed by atoms with van der Waals surface area (Å²) < 4.78 is 18.7. The smallest absolute Gasteiger partial charge is 0.165 e. The molecule has 0 heterocycles. The largest absolute Gasteiger partial charge is 0.494 e. The summed E-state index contributed by atoms with van der Waals surface area (Å²) in [6.45, 7) is 4.42. The third-order valence-electron chi connectivity index (χ3n) is 3.85. The van der Waals surface area contributed by atoms with E-state index >= 15 is 0 Å². The summed E-state index contributed by atoms with van der Waals surface area (Å²) in [4.78, 5) is 0. The lowest BCUT2D eigenvalue weighted by molar-refractivity contribution is 0.386. The summed E-state index contributed by atoms with van der Waals surface area (Å²) in [7, 11) is 1.47. The van der Waals surface area contributed by atoms with Crippen LogP contribution in [0.1, 0.15) is 38.2 Å². The van der Waals surface area contributed by atoms with Crippen molar-refractivity contribution in [1.82, 2.24) is 0 Å². The molecule has 0 unspecified atom stereocenters. The maximum Gasteiger partial charge on any atom is 0.165 e. The van der Waals surface area contributed by atoms with Crippen LogP contribution in [0.2, 0.25) is 0 Å². The van der Waals surface area contributed by atoms with E-state index in [1.165, 1.54) is 18.7 Å². The van der Waals surface area contributed by atoms with Crippen LogP contribution in [0.15, 0.2) is 42.5 Å². The van der Waals surface area contributed by atoms with Gasteiger partial charge in [0.25, 0.3) is 0 Å². The van der Waals surface area contributed by atoms with Gasteiger partial charge in [-0.3, -0.25) is 0 Å². The number of rotatable bonds is 5. The lowest BCUT2D eigenvalue weighted by Gasteiger charge is -2.13. The Balaban J connectivity index is 2.28. The second-order valence-electron chi connectivity index (χ2n) is 4.98. The van der Waals surface area contributed by atoms with Crippen molar-refractivity contribution in [2.45, 2.75) is 32.6 Å². The van der Waals surface area contributed by atoms with Gasteiger partial charge in [-0.05, 0) is 47.6 Å². The first-order valence-corrected chi connectivity index (χ1v) is 7.13. The molecule has 0 aliphatic rings. The third-order valence-corrected chi connectivity index (χ3v) is 3.85. The van der Waals surface area contributed by atoms with Crippen LogP contribution in [0.3, 0.4) is 0 Å². The maximum atomic E-state index is 13.7. The Hall–Kier alpha value is -1.83. The summed E-state index contributed by atoms with van der Waals surface area (Å²) in [6.07, 6.45) is 2.29. The monoisotopic (exact) mass is 272 g/mol. The van der Waals surface area contributed by atoms with E-state index in [0.717, 1.165) is 24.0 Å². The van der Waals surface area contributed by atoms with Gasteiger partial charge in [0, 0.05) is 0 Å². The van der Waals surface area contributed by atoms with Gasteiger partial charge in [0.1, 0.15) is 0 Å².